The summed E-state index contributed by atoms with van der Waals surface area (Å²) in [5.41, 5.74) is 4.68. The van der Waals surface area contributed by atoms with Crippen LogP contribution in [0.15, 0.2) is 109 Å². The number of phenolic OH excluding ortho intramolecular Hbond substituents is 4. The van der Waals surface area contributed by atoms with Crippen LogP contribution in [0.4, 0.5) is 0 Å². The Balaban J connectivity index is 1.71. The predicted octanol–water partition coefficient (Wildman–Crippen LogP) is 6.50. The number of methoxy groups -OCH3 is 2. The van der Waals surface area contributed by atoms with Crippen molar-refractivity contribution in [2.24, 2.45) is 0 Å². The third kappa shape index (κ3) is 4.87. The minimum absolute atomic E-state index is 0.0243. The Morgan fingerprint density at radius 1 is 0.475 bits per heavy atom. The van der Waals surface area contributed by atoms with E-state index in [-0.39, 0.29) is 23.0 Å². The molecule has 0 aliphatic rings. The second-order valence-corrected chi connectivity index (χ2v) is 9.61. The zero-order valence-corrected chi connectivity index (χ0v) is 22.2. The molecule has 5 rings (SSSR count). The Morgan fingerprint density at radius 3 is 1.38 bits per heavy atom. The summed E-state index contributed by atoms with van der Waals surface area (Å²) in [6, 6.07) is 32.9. The van der Waals surface area contributed by atoms with Gasteiger partial charge in [-0.2, -0.15) is 0 Å². The Labute approximate surface area is 233 Å². The molecule has 0 saturated heterocycles. The highest BCUT2D eigenvalue weighted by Crippen LogP contribution is 2.47. The minimum atomic E-state index is -0.886. The van der Waals surface area contributed by atoms with Gasteiger partial charge < -0.3 is 29.9 Å². The molecule has 0 fully saturated rings. The van der Waals surface area contributed by atoms with E-state index in [2.05, 4.69) is 24.3 Å². The molecule has 5 aromatic rings. The average molecular weight is 535 g/mol. The van der Waals surface area contributed by atoms with Crippen molar-refractivity contribution in [1.82, 2.24) is 0 Å². The van der Waals surface area contributed by atoms with Gasteiger partial charge in [-0.1, -0.05) is 60.7 Å². The van der Waals surface area contributed by atoms with E-state index in [9.17, 15) is 20.4 Å². The van der Waals surface area contributed by atoms with Crippen molar-refractivity contribution in [2.45, 2.75) is 11.8 Å². The molecule has 0 aromatic heterocycles. The first kappa shape index (κ1) is 26.5. The lowest BCUT2D eigenvalue weighted by Crippen LogP contribution is -2.31. The number of rotatable bonds is 8. The van der Waals surface area contributed by atoms with Gasteiger partial charge in [-0.25, -0.2) is 0 Å². The minimum Gasteiger partial charge on any atom is -0.508 e. The van der Waals surface area contributed by atoms with Crippen molar-refractivity contribution in [2.75, 3.05) is 14.2 Å². The third-order valence-electron chi connectivity index (χ3n) is 7.25. The number of aromatic hydroxyl groups is 4. The van der Waals surface area contributed by atoms with Crippen molar-refractivity contribution < 1.29 is 29.9 Å². The third-order valence-corrected chi connectivity index (χ3v) is 7.25. The van der Waals surface area contributed by atoms with Crippen molar-refractivity contribution in [1.29, 1.82) is 0 Å². The fourth-order valence-electron chi connectivity index (χ4n) is 5.27. The number of hydrogen-bond acceptors (Lipinski definition) is 6. The molecule has 0 amide bonds. The lowest BCUT2D eigenvalue weighted by molar-refractivity contribution is 0.372. The Bertz CT molecular complexity index is 1560. The SMILES string of the molecule is COc1cc(Cc2ccc(C(c3ccc(O)cc3)(c3ccc(O)cc3)c3ccc(O)c(OC)c3)cc2)ccc1O. The molecular formula is C34H30O6. The van der Waals surface area contributed by atoms with Gasteiger partial charge in [0.1, 0.15) is 11.5 Å². The molecule has 0 bridgehead atoms. The summed E-state index contributed by atoms with van der Waals surface area (Å²) < 4.78 is 10.7. The van der Waals surface area contributed by atoms with Crippen LogP contribution in [0.1, 0.15) is 33.4 Å². The van der Waals surface area contributed by atoms with Gasteiger partial charge in [0.25, 0.3) is 0 Å². The highest BCUT2D eigenvalue weighted by atomic mass is 16.5. The van der Waals surface area contributed by atoms with Gasteiger partial charge in [0, 0.05) is 0 Å². The van der Waals surface area contributed by atoms with Crippen LogP contribution in [0.2, 0.25) is 0 Å². The average Bonchev–Trinajstić information content (AvgIpc) is 2.97. The van der Waals surface area contributed by atoms with Gasteiger partial charge in [0.05, 0.1) is 19.6 Å². The van der Waals surface area contributed by atoms with Gasteiger partial charge in [-0.05, 0) is 88.3 Å². The smallest absolute Gasteiger partial charge is 0.160 e. The van der Waals surface area contributed by atoms with E-state index in [1.54, 1.807) is 36.4 Å². The van der Waals surface area contributed by atoms with E-state index in [1.807, 2.05) is 48.5 Å². The molecule has 5 aromatic carbocycles. The second-order valence-electron chi connectivity index (χ2n) is 9.61. The monoisotopic (exact) mass is 534 g/mol. The highest BCUT2D eigenvalue weighted by Gasteiger charge is 2.39. The van der Waals surface area contributed by atoms with E-state index >= 15 is 0 Å². The van der Waals surface area contributed by atoms with Gasteiger partial charge in [-0.3, -0.25) is 0 Å². The van der Waals surface area contributed by atoms with Crippen LogP contribution in [0.3, 0.4) is 0 Å². The van der Waals surface area contributed by atoms with Crippen molar-refractivity contribution >= 4 is 0 Å². The van der Waals surface area contributed by atoms with Crippen LogP contribution in [0.25, 0.3) is 0 Å². The van der Waals surface area contributed by atoms with Crippen LogP contribution in [-0.4, -0.2) is 34.6 Å². The summed E-state index contributed by atoms with van der Waals surface area (Å²) in [6.07, 6.45) is 0.634. The van der Waals surface area contributed by atoms with Gasteiger partial charge in [-0.15, -0.1) is 0 Å². The molecule has 202 valence electrons. The van der Waals surface area contributed by atoms with Crippen LogP contribution in [-0.2, 0) is 11.8 Å². The normalized spacial score (nSPS) is 11.2. The fraction of sp³-hybridized carbons (Fsp3) is 0.118. The van der Waals surface area contributed by atoms with Gasteiger partial charge >= 0.3 is 0 Å². The van der Waals surface area contributed by atoms with E-state index in [0.717, 1.165) is 33.4 Å². The molecule has 0 aliphatic carbocycles. The maximum absolute atomic E-state index is 10.4. The van der Waals surface area contributed by atoms with Crippen LogP contribution in [0.5, 0.6) is 34.5 Å². The first-order valence-electron chi connectivity index (χ1n) is 12.8. The maximum Gasteiger partial charge on any atom is 0.160 e. The second kappa shape index (κ2) is 10.9. The number of ether oxygens (including phenoxy) is 2. The van der Waals surface area contributed by atoms with Crippen molar-refractivity contribution in [3.8, 4) is 34.5 Å². The van der Waals surface area contributed by atoms with Crippen molar-refractivity contribution in [3.63, 3.8) is 0 Å². The molecule has 6 nitrogen and oxygen atoms in total. The van der Waals surface area contributed by atoms with E-state index in [4.69, 9.17) is 9.47 Å². The lowest BCUT2D eigenvalue weighted by Gasteiger charge is -2.37. The topological polar surface area (TPSA) is 99.4 Å². The molecule has 0 spiro atoms. The molecule has 40 heavy (non-hydrogen) atoms. The molecule has 4 N–H and O–H groups in total. The Morgan fingerprint density at radius 2 is 0.875 bits per heavy atom. The number of hydrogen-bond donors (Lipinski definition) is 4. The molecule has 0 atom stereocenters. The number of phenols is 4. The molecular weight excluding hydrogens is 504 g/mol. The summed E-state index contributed by atoms with van der Waals surface area (Å²) in [4.78, 5) is 0. The first-order chi connectivity index (χ1) is 19.3. The number of benzene rings is 5. The standard InChI is InChI=1S/C34H30O6/c1-39-32-20-23(5-17-30(32)37)19-22-3-6-24(7-4-22)34(25-8-13-28(35)14-9-25,26-10-15-29(36)16-11-26)27-12-18-31(38)33(21-27)40-2/h3-18,20-21,35-38H,19H2,1-2H3. The van der Waals surface area contributed by atoms with Gasteiger partial charge in [0.15, 0.2) is 23.0 Å². The zero-order valence-electron chi connectivity index (χ0n) is 22.2. The lowest BCUT2D eigenvalue weighted by atomic mass is 9.65. The molecule has 0 unspecified atom stereocenters. The first-order valence-corrected chi connectivity index (χ1v) is 12.8. The summed E-state index contributed by atoms with van der Waals surface area (Å²) >= 11 is 0. The largest absolute Gasteiger partial charge is 0.508 e. The molecule has 0 aliphatic heterocycles. The summed E-state index contributed by atoms with van der Waals surface area (Å²) in [6.45, 7) is 0. The molecule has 0 saturated carbocycles. The highest BCUT2D eigenvalue weighted by molar-refractivity contribution is 5.63. The summed E-state index contributed by atoms with van der Waals surface area (Å²) in [7, 11) is 3.03. The zero-order chi connectivity index (χ0) is 28.3. The van der Waals surface area contributed by atoms with E-state index < -0.39 is 5.41 Å². The maximum atomic E-state index is 10.4. The molecule has 6 heteroatoms. The summed E-state index contributed by atoms with van der Waals surface area (Å²) in [5, 5.41) is 40.6. The summed E-state index contributed by atoms with van der Waals surface area (Å²) in [5.74, 6) is 1.17. The van der Waals surface area contributed by atoms with Gasteiger partial charge in [0.2, 0.25) is 0 Å². The fourth-order valence-corrected chi connectivity index (χ4v) is 5.27. The molecule has 0 heterocycles. The molecule has 0 radical (unpaired) electrons. The van der Waals surface area contributed by atoms with Crippen LogP contribution < -0.4 is 9.47 Å². The van der Waals surface area contributed by atoms with Crippen molar-refractivity contribution in [3.05, 3.63) is 143 Å². The quantitative estimate of drug-likeness (QED) is 0.170. The Hall–Kier alpha value is -5.10. The van der Waals surface area contributed by atoms with Crippen LogP contribution in [0, 0.1) is 0 Å². The van der Waals surface area contributed by atoms with E-state index in [0.29, 0.717) is 17.9 Å². The van der Waals surface area contributed by atoms with E-state index in [1.165, 1.54) is 14.2 Å². The Kier molecular flexibility index (Phi) is 7.25. The van der Waals surface area contributed by atoms with Crippen LogP contribution >= 0.6 is 0 Å². The predicted molar refractivity (Wildman–Crippen MR) is 154 cm³/mol.